The highest BCUT2D eigenvalue weighted by Gasteiger charge is 2.42. The lowest BCUT2D eigenvalue weighted by molar-refractivity contribution is 0.00617. The zero-order valence-electron chi connectivity index (χ0n) is 11.1. The molecule has 0 amide bonds. The van der Waals surface area contributed by atoms with Crippen LogP contribution >= 0.6 is 0 Å². The van der Waals surface area contributed by atoms with Crippen molar-refractivity contribution in [3.05, 3.63) is 42.1 Å². The summed E-state index contributed by atoms with van der Waals surface area (Å²) < 4.78 is 5.59. The van der Waals surface area contributed by atoms with Crippen molar-refractivity contribution in [2.75, 3.05) is 7.11 Å². The standard InChI is InChI=1S/C16H17NO2/c1-19-16(9-2-3-10-16)15(18)13-6-4-8-14-12(13)7-5-11-17-14/h4-8,11H,2-3,9-10H2,1H3. The van der Waals surface area contributed by atoms with Gasteiger partial charge in [-0.2, -0.15) is 0 Å². The van der Waals surface area contributed by atoms with E-state index >= 15 is 0 Å². The molecule has 1 aromatic carbocycles. The number of nitrogens with zero attached hydrogens (tertiary/aromatic N) is 1. The van der Waals surface area contributed by atoms with E-state index in [-0.39, 0.29) is 5.78 Å². The maximum Gasteiger partial charge on any atom is 0.195 e. The molecule has 1 aliphatic rings. The number of ketones is 1. The van der Waals surface area contributed by atoms with Gasteiger partial charge in [-0.05, 0) is 37.8 Å². The number of benzene rings is 1. The lowest BCUT2D eigenvalue weighted by atomic mass is 9.89. The van der Waals surface area contributed by atoms with Crippen molar-refractivity contribution in [1.29, 1.82) is 0 Å². The van der Waals surface area contributed by atoms with E-state index in [1.165, 1.54) is 0 Å². The molecule has 3 heteroatoms. The number of aromatic nitrogens is 1. The molecule has 1 aliphatic carbocycles. The third kappa shape index (κ3) is 1.94. The zero-order chi connectivity index (χ0) is 13.3. The molecule has 19 heavy (non-hydrogen) atoms. The van der Waals surface area contributed by atoms with Crippen LogP contribution in [0.4, 0.5) is 0 Å². The topological polar surface area (TPSA) is 39.2 Å². The Morgan fingerprint density at radius 2 is 2.00 bits per heavy atom. The van der Waals surface area contributed by atoms with Crippen LogP contribution in [0.3, 0.4) is 0 Å². The molecular formula is C16H17NO2. The number of hydrogen-bond acceptors (Lipinski definition) is 3. The molecule has 0 radical (unpaired) electrons. The molecule has 1 aromatic heterocycles. The predicted molar refractivity (Wildman–Crippen MR) is 74.3 cm³/mol. The van der Waals surface area contributed by atoms with Gasteiger partial charge in [-0.25, -0.2) is 0 Å². The van der Waals surface area contributed by atoms with Crippen molar-refractivity contribution in [2.45, 2.75) is 31.3 Å². The Labute approximate surface area is 112 Å². The quantitative estimate of drug-likeness (QED) is 0.789. The fourth-order valence-corrected chi connectivity index (χ4v) is 3.02. The van der Waals surface area contributed by atoms with Crippen LogP contribution in [0, 0.1) is 0 Å². The highest BCUT2D eigenvalue weighted by molar-refractivity contribution is 6.11. The van der Waals surface area contributed by atoms with E-state index in [9.17, 15) is 4.79 Å². The Morgan fingerprint density at radius 1 is 1.21 bits per heavy atom. The van der Waals surface area contributed by atoms with Gasteiger partial charge in [-0.1, -0.05) is 18.2 Å². The largest absolute Gasteiger partial charge is 0.370 e. The molecule has 1 fully saturated rings. The van der Waals surface area contributed by atoms with Crippen molar-refractivity contribution in [3.8, 4) is 0 Å². The van der Waals surface area contributed by atoms with Gasteiger partial charge in [0.15, 0.2) is 5.78 Å². The molecule has 3 nitrogen and oxygen atoms in total. The van der Waals surface area contributed by atoms with Crippen LogP contribution in [0.1, 0.15) is 36.0 Å². The summed E-state index contributed by atoms with van der Waals surface area (Å²) in [4.78, 5) is 17.2. The van der Waals surface area contributed by atoms with E-state index in [4.69, 9.17) is 4.74 Å². The normalized spacial score (nSPS) is 17.7. The zero-order valence-corrected chi connectivity index (χ0v) is 11.1. The summed E-state index contributed by atoms with van der Waals surface area (Å²) in [6.45, 7) is 0. The van der Waals surface area contributed by atoms with Crippen LogP contribution in [0.5, 0.6) is 0 Å². The van der Waals surface area contributed by atoms with Gasteiger partial charge in [-0.15, -0.1) is 0 Å². The molecular weight excluding hydrogens is 238 g/mol. The number of carbonyl (C=O) groups excluding carboxylic acids is 1. The van der Waals surface area contributed by atoms with E-state index < -0.39 is 5.60 Å². The molecule has 0 unspecified atom stereocenters. The molecule has 2 aromatic rings. The molecule has 3 rings (SSSR count). The first-order valence-electron chi connectivity index (χ1n) is 6.70. The van der Waals surface area contributed by atoms with Crippen molar-refractivity contribution in [3.63, 3.8) is 0 Å². The molecule has 0 bridgehead atoms. The number of rotatable bonds is 3. The Kier molecular flexibility index (Phi) is 3.07. The Hall–Kier alpha value is -1.74. The average molecular weight is 255 g/mol. The molecule has 0 spiro atoms. The minimum absolute atomic E-state index is 0.103. The second kappa shape index (κ2) is 4.74. The summed E-state index contributed by atoms with van der Waals surface area (Å²) in [5.74, 6) is 0.103. The highest BCUT2D eigenvalue weighted by Crippen LogP contribution is 2.36. The number of hydrogen-bond donors (Lipinski definition) is 0. The second-order valence-electron chi connectivity index (χ2n) is 5.11. The van der Waals surface area contributed by atoms with Gasteiger partial charge in [0.05, 0.1) is 5.52 Å². The van der Waals surface area contributed by atoms with Gasteiger partial charge < -0.3 is 4.74 Å². The van der Waals surface area contributed by atoms with Gasteiger partial charge in [0.1, 0.15) is 5.60 Å². The lowest BCUT2D eigenvalue weighted by Gasteiger charge is -2.26. The highest BCUT2D eigenvalue weighted by atomic mass is 16.5. The van der Waals surface area contributed by atoms with Crippen LogP contribution in [0.25, 0.3) is 10.9 Å². The maximum absolute atomic E-state index is 12.9. The molecule has 98 valence electrons. The Morgan fingerprint density at radius 3 is 2.74 bits per heavy atom. The summed E-state index contributed by atoms with van der Waals surface area (Å²) in [7, 11) is 1.65. The number of Topliss-reactive ketones (excluding diaryl/α,β-unsaturated/α-hetero) is 1. The van der Waals surface area contributed by atoms with Crippen LogP contribution in [-0.2, 0) is 4.74 Å². The molecule has 0 aliphatic heterocycles. The first kappa shape index (κ1) is 12.3. The Bertz CT molecular complexity index is 610. The number of methoxy groups -OCH3 is 1. The minimum Gasteiger partial charge on any atom is -0.370 e. The first-order chi connectivity index (χ1) is 9.27. The van der Waals surface area contributed by atoms with E-state index in [0.717, 1.165) is 42.1 Å². The van der Waals surface area contributed by atoms with Gasteiger partial charge in [0, 0.05) is 24.3 Å². The van der Waals surface area contributed by atoms with E-state index in [2.05, 4.69) is 4.98 Å². The predicted octanol–water partition coefficient (Wildman–Crippen LogP) is 3.38. The summed E-state index contributed by atoms with van der Waals surface area (Å²) in [5.41, 5.74) is 0.969. The maximum atomic E-state index is 12.9. The molecule has 1 saturated carbocycles. The first-order valence-corrected chi connectivity index (χ1v) is 6.70. The molecule has 0 atom stereocenters. The smallest absolute Gasteiger partial charge is 0.195 e. The Balaban J connectivity index is 2.11. The summed E-state index contributed by atoms with van der Waals surface area (Å²) in [6, 6.07) is 9.52. The van der Waals surface area contributed by atoms with Crippen molar-refractivity contribution in [2.24, 2.45) is 0 Å². The molecule has 0 N–H and O–H groups in total. The monoisotopic (exact) mass is 255 g/mol. The van der Waals surface area contributed by atoms with Crippen molar-refractivity contribution in [1.82, 2.24) is 4.98 Å². The SMILES string of the molecule is COC1(C(=O)c2cccc3ncccc23)CCCC1. The van der Waals surface area contributed by atoms with Gasteiger partial charge in [0.25, 0.3) is 0 Å². The number of pyridine rings is 1. The number of ether oxygens (including phenoxy) is 1. The third-order valence-electron chi connectivity index (χ3n) is 4.11. The van der Waals surface area contributed by atoms with E-state index in [1.807, 2.05) is 30.3 Å². The lowest BCUT2D eigenvalue weighted by Crippen LogP contribution is -2.37. The average Bonchev–Trinajstić information content (AvgIpc) is 2.96. The van der Waals surface area contributed by atoms with E-state index in [0.29, 0.717) is 0 Å². The third-order valence-corrected chi connectivity index (χ3v) is 4.11. The fourth-order valence-electron chi connectivity index (χ4n) is 3.02. The molecule has 0 saturated heterocycles. The van der Waals surface area contributed by atoms with Crippen LogP contribution < -0.4 is 0 Å². The van der Waals surface area contributed by atoms with Gasteiger partial charge >= 0.3 is 0 Å². The van der Waals surface area contributed by atoms with Crippen molar-refractivity contribution >= 4 is 16.7 Å². The summed E-state index contributed by atoms with van der Waals surface area (Å²) >= 11 is 0. The number of fused-ring (bicyclic) bond motifs is 1. The molecule has 1 heterocycles. The van der Waals surface area contributed by atoms with Crippen LogP contribution in [0.2, 0.25) is 0 Å². The fraction of sp³-hybridized carbons (Fsp3) is 0.375. The number of carbonyl (C=O) groups is 1. The van der Waals surface area contributed by atoms with Crippen molar-refractivity contribution < 1.29 is 9.53 Å². The van der Waals surface area contributed by atoms with Gasteiger partial charge in [-0.3, -0.25) is 9.78 Å². The van der Waals surface area contributed by atoms with Gasteiger partial charge in [0.2, 0.25) is 0 Å². The summed E-state index contributed by atoms with van der Waals surface area (Å²) in [6.07, 6.45) is 5.50. The minimum atomic E-state index is -0.621. The second-order valence-corrected chi connectivity index (χ2v) is 5.11. The summed E-state index contributed by atoms with van der Waals surface area (Å²) in [5, 5.41) is 0.915. The van der Waals surface area contributed by atoms with E-state index in [1.54, 1.807) is 13.3 Å². The van der Waals surface area contributed by atoms with Crippen LogP contribution in [0.15, 0.2) is 36.5 Å². The van der Waals surface area contributed by atoms with Crippen LogP contribution in [-0.4, -0.2) is 23.5 Å².